The van der Waals surface area contributed by atoms with E-state index in [1.807, 2.05) is 24.3 Å². The Morgan fingerprint density at radius 1 is 0.880 bits per heavy atom. The molecule has 2 nitrogen and oxygen atoms in total. The summed E-state index contributed by atoms with van der Waals surface area (Å²) in [6.45, 7) is 0.580. The Morgan fingerprint density at radius 2 is 1.60 bits per heavy atom. The van der Waals surface area contributed by atoms with Gasteiger partial charge in [-0.2, -0.15) is 0 Å². The Hall–Kier alpha value is -2.00. The first-order valence-corrected chi connectivity index (χ1v) is 10.5. The summed E-state index contributed by atoms with van der Waals surface area (Å²) in [5.41, 5.74) is 2.30. The molecule has 0 saturated heterocycles. The van der Waals surface area contributed by atoms with E-state index in [0.29, 0.717) is 6.61 Å². The van der Waals surface area contributed by atoms with Gasteiger partial charge in [-0.15, -0.1) is 0 Å². The first kappa shape index (κ1) is 16.5. The molecule has 0 unspecified atom stereocenters. The number of halogens is 1. The van der Waals surface area contributed by atoms with Crippen molar-refractivity contribution in [2.24, 2.45) is 0 Å². The summed E-state index contributed by atoms with van der Waals surface area (Å²) in [5, 5.41) is 1.22. The van der Waals surface area contributed by atoms with Gasteiger partial charge in [-0.1, -0.05) is 0 Å². The average Bonchev–Trinajstić information content (AvgIpc) is 2.97. The fourth-order valence-electron chi connectivity index (χ4n) is 2.65. The van der Waals surface area contributed by atoms with Gasteiger partial charge in [0.05, 0.1) is 0 Å². The number of hydrogen-bond acceptors (Lipinski definition) is 1. The van der Waals surface area contributed by atoms with Crippen LogP contribution in [0.2, 0.25) is 0 Å². The fraction of sp³-hybridized carbons (Fsp3) is 0.0476. The molecule has 25 heavy (non-hydrogen) atoms. The molecule has 4 aromatic rings. The van der Waals surface area contributed by atoms with Crippen molar-refractivity contribution in [3.8, 4) is 5.75 Å². The van der Waals surface area contributed by atoms with Gasteiger partial charge < -0.3 is 0 Å². The molecule has 124 valence electrons. The zero-order valence-electron chi connectivity index (χ0n) is 13.4. The molecule has 0 amide bonds. The Balaban J connectivity index is 1.61. The molecule has 1 heterocycles. The molecule has 0 fully saturated rings. The van der Waals surface area contributed by atoms with E-state index >= 15 is 0 Å². The Bertz CT molecular complexity index is 983. The van der Waals surface area contributed by atoms with Gasteiger partial charge in [-0.05, 0) is 0 Å². The number of aromatic amines is 1. The summed E-state index contributed by atoms with van der Waals surface area (Å²) < 4.78 is 9.73. The van der Waals surface area contributed by atoms with Gasteiger partial charge in [-0.25, -0.2) is 0 Å². The van der Waals surface area contributed by atoms with Gasteiger partial charge in [0.2, 0.25) is 0 Å². The molecule has 0 aliphatic heterocycles. The third kappa shape index (κ3) is 3.82. The van der Waals surface area contributed by atoms with Crippen molar-refractivity contribution < 1.29 is 4.74 Å². The molecule has 0 spiro atoms. The molecule has 0 aliphatic rings. The number of hydrogen-bond donors (Lipinski definition) is 1. The standard InChI is InChI=1S/C21H16BrNOSe/c22-21-20(25-17-9-5-2-6-10-17)18-13-16(11-12-19(18)23-21)24-14-15-7-3-1-4-8-15/h1-13,23H,14H2. The van der Waals surface area contributed by atoms with Gasteiger partial charge >= 0.3 is 162 Å². The van der Waals surface area contributed by atoms with Crippen molar-refractivity contribution in [2.75, 3.05) is 0 Å². The van der Waals surface area contributed by atoms with E-state index in [1.165, 1.54) is 19.9 Å². The van der Waals surface area contributed by atoms with E-state index in [0.717, 1.165) is 15.9 Å². The molecule has 1 N–H and O–H groups in total. The van der Waals surface area contributed by atoms with Crippen LogP contribution in [0.15, 0.2) is 83.5 Å². The summed E-state index contributed by atoms with van der Waals surface area (Å²) in [4.78, 5) is 3.43. The molecule has 0 bridgehead atoms. The minimum absolute atomic E-state index is 0.233. The van der Waals surface area contributed by atoms with E-state index in [1.54, 1.807) is 0 Å². The number of rotatable bonds is 5. The molecule has 4 rings (SSSR count). The van der Waals surface area contributed by atoms with Gasteiger partial charge in [0, 0.05) is 0 Å². The molecule has 1 aromatic heterocycles. The molecule has 0 atom stereocenters. The number of benzene rings is 3. The Labute approximate surface area is 161 Å². The van der Waals surface area contributed by atoms with Crippen LogP contribution in [0.1, 0.15) is 5.56 Å². The van der Waals surface area contributed by atoms with Crippen LogP contribution in [0.25, 0.3) is 10.9 Å². The monoisotopic (exact) mass is 457 g/mol. The van der Waals surface area contributed by atoms with Gasteiger partial charge in [0.1, 0.15) is 0 Å². The van der Waals surface area contributed by atoms with Crippen molar-refractivity contribution in [3.63, 3.8) is 0 Å². The van der Waals surface area contributed by atoms with Crippen molar-refractivity contribution in [1.82, 2.24) is 4.98 Å². The topological polar surface area (TPSA) is 25.0 Å². The van der Waals surface area contributed by atoms with Crippen molar-refractivity contribution >= 4 is 50.7 Å². The second-order valence-electron chi connectivity index (χ2n) is 5.66. The van der Waals surface area contributed by atoms with Gasteiger partial charge in [0.15, 0.2) is 0 Å². The van der Waals surface area contributed by atoms with Crippen LogP contribution in [0.4, 0.5) is 0 Å². The van der Waals surface area contributed by atoms with Crippen LogP contribution in [0, 0.1) is 0 Å². The Kier molecular flexibility index (Phi) is 4.93. The number of aromatic nitrogens is 1. The first-order chi connectivity index (χ1) is 12.3. The van der Waals surface area contributed by atoms with Crippen molar-refractivity contribution in [2.45, 2.75) is 6.61 Å². The predicted octanol–water partition coefficient (Wildman–Crippen LogP) is 4.16. The second kappa shape index (κ2) is 7.49. The zero-order chi connectivity index (χ0) is 17.1. The van der Waals surface area contributed by atoms with Crippen LogP contribution in [-0.2, 0) is 6.61 Å². The van der Waals surface area contributed by atoms with Gasteiger partial charge in [0.25, 0.3) is 0 Å². The molecule has 4 heteroatoms. The van der Waals surface area contributed by atoms with E-state index in [-0.39, 0.29) is 15.0 Å². The Morgan fingerprint density at radius 3 is 2.36 bits per heavy atom. The zero-order valence-corrected chi connectivity index (χ0v) is 16.7. The molecule has 0 radical (unpaired) electrons. The van der Waals surface area contributed by atoms with Crippen LogP contribution >= 0.6 is 15.9 Å². The third-order valence-electron chi connectivity index (χ3n) is 3.89. The molecule has 0 saturated carbocycles. The molecular weight excluding hydrogens is 441 g/mol. The second-order valence-corrected chi connectivity index (χ2v) is 8.73. The van der Waals surface area contributed by atoms with E-state index < -0.39 is 0 Å². The van der Waals surface area contributed by atoms with Crippen LogP contribution < -0.4 is 13.7 Å². The summed E-state index contributed by atoms with van der Waals surface area (Å²) in [5.74, 6) is 0.896. The van der Waals surface area contributed by atoms with E-state index in [9.17, 15) is 0 Å². The summed E-state index contributed by atoms with van der Waals surface area (Å²) in [6, 6.07) is 27.1. The van der Waals surface area contributed by atoms with Crippen molar-refractivity contribution in [3.05, 3.63) is 89.0 Å². The SMILES string of the molecule is Brc1[nH]c2ccc(OCc3ccccc3)cc2c1[Se]c1ccccc1. The number of fused-ring (bicyclic) bond motifs is 1. The maximum absolute atomic E-state index is 5.99. The molecule has 3 aromatic carbocycles. The van der Waals surface area contributed by atoms with Crippen molar-refractivity contribution in [1.29, 1.82) is 0 Å². The van der Waals surface area contributed by atoms with E-state index in [4.69, 9.17) is 4.74 Å². The third-order valence-corrected chi connectivity index (χ3v) is 7.46. The maximum atomic E-state index is 5.99. The predicted molar refractivity (Wildman–Crippen MR) is 108 cm³/mol. The summed E-state index contributed by atoms with van der Waals surface area (Å²) >= 11 is 3.92. The quantitative estimate of drug-likeness (QED) is 0.448. The number of nitrogens with one attached hydrogen (secondary N) is 1. The fourth-order valence-corrected chi connectivity index (χ4v) is 5.49. The molecule has 0 aliphatic carbocycles. The number of H-pyrrole nitrogens is 1. The van der Waals surface area contributed by atoms with Gasteiger partial charge in [-0.3, -0.25) is 0 Å². The summed E-state index contributed by atoms with van der Waals surface area (Å²) in [6.07, 6.45) is 0. The van der Waals surface area contributed by atoms with Crippen LogP contribution in [-0.4, -0.2) is 19.9 Å². The van der Waals surface area contributed by atoms with Crippen LogP contribution in [0.3, 0.4) is 0 Å². The molecular formula is C21H16BrNOSe. The van der Waals surface area contributed by atoms with E-state index in [2.05, 4.69) is 75.5 Å². The average molecular weight is 457 g/mol. The first-order valence-electron chi connectivity index (χ1n) is 8.00. The summed E-state index contributed by atoms with van der Waals surface area (Å²) in [7, 11) is 0. The van der Waals surface area contributed by atoms with Crippen LogP contribution in [0.5, 0.6) is 5.75 Å². The normalized spacial score (nSPS) is 10.9. The number of ether oxygens (including phenoxy) is 1. The minimum atomic E-state index is 0.233.